The standard InChI is InChI=1S/C22H24FN5OS/c1-14-6-7-15(23)11-17(14)26-21-20-16-8-10-28(19(29)5-4-9-27(2)3)12-18(16)30-22(20)25-13-24-21/h4-7,11,13H,8-10,12H2,1-3H3,(H,24,25,26). The third kappa shape index (κ3) is 4.20. The molecule has 1 amide bonds. The van der Waals surface area contributed by atoms with Crippen LogP contribution in [0.4, 0.5) is 15.9 Å². The molecule has 0 spiro atoms. The highest BCUT2D eigenvalue weighted by Crippen LogP contribution is 2.38. The molecule has 1 aliphatic rings. The summed E-state index contributed by atoms with van der Waals surface area (Å²) in [4.78, 5) is 27.3. The Labute approximate surface area is 179 Å². The van der Waals surface area contributed by atoms with Crippen LogP contribution in [-0.2, 0) is 17.8 Å². The Balaban J connectivity index is 1.61. The first-order valence-electron chi connectivity index (χ1n) is 9.81. The van der Waals surface area contributed by atoms with Crippen LogP contribution >= 0.6 is 11.3 Å². The fourth-order valence-electron chi connectivity index (χ4n) is 3.54. The van der Waals surface area contributed by atoms with Crippen molar-refractivity contribution in [3.05, 3.63) is 58.5 Å². The number of aryl methyl sites for hydroxylation is 1. The summed E-state index contributed by atoms with van der Waals surface area (Å²) in [6, 6.07) is 4.66. The fraction of sp³-hybridized carbons (Fsp3) is 0.318. The zero-order valence-corrected chi connectivity index (χ0v) is 18.1. The van der Waals surface area contributed by atoms with Gasteiger partial charge in [0.15, 0.2) is 0 Å². The van der Waals surface area contributed by atoms with Crippen molar-refractivity contribution in [2.75, 3.05) is 32.5 Å². The summed E-state index contributed by atoms with van der Waals surface area (Å²) >= 11 is 1.59. The van der Waals surface area contributed by atoms with E-state index in [4.69, 9.17) is 0 Å². The van der Waals surface area contributed by atoms with Crippen LogP contribution < -0.4 is 5.32 Å². The number of aromatic nitrogens is 2. The van der Waals surface area contributed by atoms with Gasteiger partial charge in [0.1, 0.15) is 22.8 Å². The molecule has 8 heteroatoms. The Morgan fingerprint density at radius 1 is 1.37 bits per heavy atom. The number of thiophene rings is 1. The number of nitrogens with zero attached hydrogens (tertiary/aromatic N) is 4. The van der Waals surface area contributed by atoms with Crippen LogP contribution in [0.25, 0.3) is 10.2 Å². The Morgan fingerprint density at radius 2 is 2.20 bits per heavy atom. The van der Waals surface area contributed by atoms with Crippen LogP contribution in [0.5, 0.6) is 0 Å². The van der Waals surface area contributed by atoms with Gasteiger partial charge in [-0.1, -0.05) is 12.1 Å². The van der Waals surface area contributed by atoms with Crippen molar-refractivity contribution in [2.24, 2.45) is 0 Å². The van der Waals surface area contributed by atoms with Crippen LogP contribution in [0.15, 0.2) is 36.7 Å². The highest BCUT2D eigenvalue weighted by molar-refractivity contribution is 7.19. The number of benzene rings is 1. The van der Waals surface area contributed by atoms with Gasteiger partial charge in [-0.25, -0.2) is 14.4 Å². The summed E-state index contributed by atoms with van der Waals surface area (Å²) in [6.07, 6.45) is 5.80. The van der Waals surface area contributed by atoms with Crippen LogP contribution in [0, 0.1) is 12.7 Å². The molecule has 0 atom stereocenters. The molecule has 1 aliphatic heterocycles. The van der Waals surface area contributed by atoms with Crippen LogP contribution in [0.2, 0.25) is 0 Å². The van der Waals surface area contributed by atoms with Crippen molar-refractivity contribution >= 4 is 39.0 Å². The number of hydrogen-bond acceptors (Lipinski definition) is 6. The first kappa shape index (κ1) is 20.4. The van der Waals surface area contributed by atoms with Crippen molar-refractivity contribution in [1.29, 1.82) is 0 Å². The number of carbonyl (C=O) groups is 1. The number of rotatable bonds is 5. The second kappa shape index (κ2) is 8.49. The average molecular weight is 426 g/mol. The van der Waals surface area contributed by atoms with Crippen molar-refractivity contribution < 1.29 is 9.18 Å². The molecule has 0 saturated carbocycles. The highest BCUT2D eigenvalue weighted by Gasteiger charge is 2.25. The van der Waals surface area contributed by atoms with Crippen molar-refractivity contribution in [1.82, 2.24) is 19.8 Å². The summed E-state index contributed by atoms with van der Waals surface area (Å²) in [5.41, 5.74) is 2.80. The molecule has 0 unspecified atom stereocenters. The van der Waals surface area contributed by atoms with Crippen molar-refractivity contribution in [3.8, 4) is 0 Å². The van der Waals surface area contributed by atoms with Crippen LogP contribution in [0.1, 0.15) is 16.0 Å². The smallest absolute Gasteiger partial charge is 0.246 e. The molecule has 0 bridgehead atoms. The van der Waals surface area contributed by atoms with E-state index in [1.807, 2.05) is 36.9 Å². The maximum atomic E-state index is 13.7. The number of anilines is 2. The quantitative estimate of drug-likeness (QED) is 0.629. The predicted octanol–water partition coefficient (Wildman–Crippen LogP) is 3.88. The zero-order chi connectivity index (χ0) is 21.3. The molecule has 30 heavy (non-hydrogen) atoms. The Bertz CT molecular complexity index is 1120. The van der Waals surface area contributed by atoms with Gasteiger partial charge in [-0.2, -0.15) is 0 Å². The lowest BCUT2D eigenvalue weighted by Crippen LogP contribution is -2.34. The van der Waals surface area contributed by atoms with Gasteiger partial charge in [0.05, 0.1) is 11.9 Å². The maximum absolute atomic E-state index is 13.7. The molecule has 0 saturated heterocycles. The predicted molar refractivity (Wildman–Crippen MR) is 119 cm³/mol. The maximum Gasteiger partial charge on any atom is 0.246 e. The van der Waals surface area contributed by atoms with Gasteiger partial charge < -0.3 is 15.1 Å². The summed E-state index contributed by atoms with van der Waals surface area (Å²) in [5, 5.41) is 4.25. The summed E-state index contributed by atoms with van der Waals surface area (Å²) in [7, 11) is 3.94. The third-order valence-electron chi connectivity index (χ3n) is 5.13. The van der Waals surface area contributed by atoms with Gasteiger partial charge in [-0.05, 0) is 50.7 Å². The van der Waals surface area contributed by atoms with E-state index in [2.05, 4.69) is 15.3 Å². The van der Waals surface area contributed by atoms with E-state index in [1.165, 1.54) is 24.0 Å². The SMILES string of the molecule is Cc1ccc(F)cc1Nc1ncnc2sc3c(c12)CCN(C(=O)C=CCN(C)C)C3. The molecule has 3 heterocycles. The van der Waals surface area contributed by atoms with Crippen molar-refractivity contribution in [3.63, 3.8) is 0 Å². The van der Waals surface area contributed by atoms with E-state index in [1.54, 1.807) is 23.5 Å². The number of carbonyl (C=O) groups excluding carboxylic acids is 1. The minimum atomic E-state index is -0.294. The van der Waals surface area contributed by atoms with E-state index in [0.29, 0.717) is 24.6 Å². The lowest BCUT2D eigenvalue weighted by atomic mass is 10.0. The van der Waals surface area contributed by atoms with Gasteiger partial charge >= 0.3 is 0 Å². The molecule has 156 valence electrons. The number of likely N-dealkylation sites (N-methyl/N-ethyl adjacent to an activating group) is 1. The Kier molecular flexibility index (Phi) is 5.78. The van der Waals surface area contributed by atoms with Crippen LogP contribution in [-0.4, -0.2) is 52.9 Å². The van der Waals surface area contributed by atoms with Gasteiger partial charge in [-0.15, -0.1) is 11.3 Å². The monoisotopic (exact) mass is 425 g/mol. The molecular weight excluding hydrogens is 401 g/mol. The van der Waals surface area contributed by atoms with Crippen molar-refractivity contribution in [2.45, 2.75) is 19.9 Å². The summed E-state index contributed by atoms with van der Waals surface area (Å²) in [6.45, 7) is 3.88. The second-order valence-corrected chi connectivity index (χ2v) is 8.75. The van der Waals surface area contributed by atoms with Gasteiger partial charge in [0.25, 0.3) is 0 Å². The summed E-state index contributed by atoms with van der Waals surface area (Å²) < 4.78 is 13.7. The molecular formula is C22H24FN5OS. The van der Waals surface area contributed by atoms with Gasteiger partial charge in [-0.3, -0.25) is 4.79 Å². The van der Waals surface area contributed by atoms with E-state index < -0.39 is 0 Å². The molecule has 6 nitrogen and oxygen atoms in total. The Morgan fingerprint density at radius 3 is 3.00 bits per heavy atom. The molecule has 2 aromatic heterocycles. The number of nitrogens with one attached hydrogen (secondary N) is 1. The zero-order valence-electron chi connectivity index (χ0n) is 17.3. The van der Waals surface area contributed by atoms with E-state index >= 15 is 0 Å². The molecule has 0 aliphatic carbocycles. The van der Waals surface area contributed by atoms with E-state index in [9.17, 15) is 9.18 Å². The van der Waals surface area contributed by atoms with Gasteiger partial charge in [0.2, 0.25) is 5.91 Å². The lowest BCUT2D eigenvalue weighted by molar-refractivity contribution is -0.126. The molecule has 1 aromatic carbocycles. The number of halogens is 1. The minimum absolute atomic E-state index is 0.0276. The first-order chi connectivity index (χ1) is 14.4. The molecule has 4 rings (SSSR count). The highest BCUT2D eigenvalue weighted by atomic mass is 32.1. The minimum Gasteiger partial charge on any atom is -0.339 e. The molecule has 1 N–H and O–H groups in total. The normalized spacial score (nSPS) is 14.0. The number of fused-ring (bicyclic) bond motifs is 3. The van der Waals surface area contributed by atoms with E-state index in [-0.39, 0.29) is 11.7 Å². The Hall–Kier alpha value is -2.84. The van der Waals surface area contributed by atoms with Crippen LogP contribution in [0.3, 0.4) is 0 Å². The summed E-state index contributed by atoms with van der Waals surface area (Å²) in [5.74, 6) is 0.411. The second-order valence-electron chi connectivity index (χ2n) is 7.66. The third-order valence-corrected chi connectivity index (χ3v) is 6.26. The lowest BCUT2D eigenvalue weighted by Gasteiger charge is -2.26. The largest absolute Gasteiger partial charge is 0.339 e. The fourth-order valence-corrected chi connectivity index (χ4v) is 4.74. The average Bonchev–Trinajstić information content (AvgIpc) is 3.09. The molecule has 0 fully saturated rings. The number of hydrogen-bond donors (Lipinski definition) is 1. The van der Waals surface area contributed by atoms with E-state index in [0.717, 1.165) is 33.6 Å². The van der Waals surface area contributed by atoms with Gasteiger partial charge in [0, 0.05) is 29.7 Å². The molecule has 3 aromatic rings. The first-order valence-corrected chi connectivity index (χ1v) is 10.6. The molecule has 0 radical (unpaired) electrons. The number of amides is 1. The topological polar surface area (TPSA) is 61.4 Å².